The highest BCUT2D eigenvalue weighted by Gasteiger charge is 2.53. The van der Waals surface area contributed by atoms with Crippen molar-refractivity contribution >= 4 is 15.9 Å². The van der Waals surface area contributed by atoms with Crippen molar-refractivity contribution in [3.8, 4) is 0 Å². The summed E-state index contributed by atoms with van der Waals surface area (Å²) in [6.07, 6.45) is 3.69. The van der Waals surface area contributed by atoms with E-state index < -0.39 is 10.0 Å². The van der Waals surface area contributed by atoms with Gasteiger partial charge in [0, 0.05) is 44.8 Å². The molecule has 6 nitrogen and oxygen atoms in total. The first-order chi connectivity index (χ1) is 10.5. The van der Waals surface area contributed by atoms with E-state index in [0.717, 1.165) is 38.8 Å². The summed E-state index contributed by atoms with van der Waals surface area (Å²) in [5, 5.41) is 0. The Bertz CT molecular complexity index is 522. The molecule has 0 aromatic rings. The molecule has 3 heterocycles. The van der Waals surface area contributed by atoms with Gasteiger partial charge in [0.05, 0.1) is 11.7 Å². The number of sulfonamides is 1. The zero-order valence-corrected chi connectivity index (χ0v) is 14.1. The number of hydrogen-bond donors (Lipinski definition) is 0. The molecule has 1 spiro atoms. The van der Waals surface area contributed by atoms with Crippen molar-refractivity contribution in [2.45, 2.75) is 32.6 Å². The van der Waals surface area contributed by atoms with Crippen LogP contribution in [0.3, 0.4) is 0 Å². The van der Waals surface area contributed by atoms with Crippen molar-refractivity contribution in [1.82, 2.24) is 9.21 Å². The van der Waals surface area contributed by atoms with Gasteiger partial charge < -0.3 is 9.64 Å². The third kappa shape index (κ3) is 2.78. The number of likely N-dealkylation sites (tertiary alicyclic amines) is 1. The fourth-order valence-electron chi connectivity index (χ4n) is 4.10. The number of amides is 1. The Labute approximate surface area is 132 Å². The smallest absolute Gasteiger partial charge is 0.227 e. The van der Waals surface area contributed by atoms with Crippen LogP contribution in [0.2, 0.25) is 0 Å². The summed E-state index contributed by atoms with van der Waals surface area (Å²) in [4.78, 5) is 14.9. The molecule has 1 amide bonds. The van der Waals surface area contributed by atoms with Crippen LogP contribution in [0.15, 0.2) is 0 Å². The summed E-state index contributed by atoms with van der Waals surface area (Å²) in [6, 6.07) is 0. The first-order valence-electron chi connectivity index (χ1n) is 8.33. The van der Waals surface area contributed by atoms with Gasteiger partial charge in [-0.3, -0.25) is 4.79 Å². The van der Waals surface area contributed by atoms with Crippen molar-refractivity contribution in [3.63, 3.8) is 0 Å². The van der Waals surface area contributed by atoms with Gasteiger partial charge in [-0.15, -0.1) is 0 Å². The van der Waals surface area contributed by atoms with Crippen LogP contribution in [-0.4, -0.2) is 68.7 Å². The number of rotatable bonds is 3. The lowest BCUT2D eigenvalue weighted by molar-refractivity contribution is -0.139. The minimum atomic E-state index is -3.24. The zero-order valence-electron chi connectivity index (χ0n) is 13.3. The first kappa shape index (κ1) is 16.2. The predicted molar refractivity (Wildman–Crippen MR) is 82.8 cm³/mol. The summed E-state index contributed by atoms with van der Waals surface area (Å²) >= 11 is 0. The second-order valence-corrected chi connectivity index (χ2v) is 9.01. The lowest BCUT2D eigenvalue weighted by Gasteiger charge is -2.38. The van der Waals surface area contributed by atoms with Gasteiger partial charge in [-0.05, 0) is 32.6 Å². The van der Waals surface area contributed by atoms with Crippen LogP contribution in [0, 0.1) is 11.3 Å². The van der Waals surface area contributed by atoms with E-state index in [4.69, 9.17) is 4.74 Å². The van der Waals surface area contributed by atoms with Gasteiger partial charge in [-0.2, -0.15) is 0 Å². The van der Waals surface area contributed by atoms with Gasteiger partial charge in [0.15, 0.2) is 0 Å². The molecule has 3 aliphatic heterocycles. The van der Waals surface area contributed by atoms with Crippen molar-refractivity contribution in [1.29, 1.82) is 0 Å². The predicted octanol–water partition coefficient (Wildman–Crippen LogP) is 0.687. The van der Waals surface area contributed by atoms with Crippen LogP contribution in [-0.2, 0) is 19.6 Å². The van der Waals surface area contributed by atoms with Crippen molar-refractivity contribution < 1.29 is 17.9 Å². The molecule has 0 N–H and O–H groups in total. The normalized spacial score (nSPS) is 29.3. The average Bonchev–Trinajstić information content (AvgIpc) is 3.16. The Morgan fingerprint density at radius 1 is 1.23 bits per heavy atom. The summed E-state index contributed by atoms with van der Waals surface area (Å²) in [5.41, 5.74) is -0.222. The molecule has 0 saturated carbocycles. The number of hydrogen-bond acceptors (Lipinski definition) is 4. The van der Waals surface area contributed by atoms with Crippen LogP contribution >= 0.6 is 0 Å². The highest BCUT2D eigenvalue weighted by atomic mass is 32.2. The molecule has 3 saturated heterocycles. The van der Waals surface area contributed by atoms with Crippen LogP contribution in [0.1, 0.15) is 32.6 Å². The SMILES string of the molecule is CCS(=O)(=O)N1C[C@H](C(=O)N2CCCC2)C2(CCOCC2)C1. The van der Waals surface area contributed by atoms with Gasteiger partial charge in [0.1, 0.15) is 0 Å². The zero-order chi connectivity index (χ0) is 15.8. The molecule has 0 aromatic heterocycles. The Hall–Kier alpha value is -0.660. The molecular weight excluding hydrogens is 304 g/mol. The average molecular weight is 330 g/mol. The van der Waals surface area contributed by atoms with Crippen LogP contribution in [0.5, 0.6) is 0 Å². The molecule has 22 heavy (non-hydrogen) atoms. The second-order valence-electron chi connectivity index (χ2n) is 6.75. The fourth-order valence-corrected chi connectivity index (χ4v) is 5.30. The molecular formula is C15H26N2O4S. The van der Waals surface area contributed by atoms with Crippen molar-refractivity contribution in [2.24, 2.45) is 11.3 Å². The second kappa shape index (κ2) is 6.09. The number of carbonyl (C=O) groups is 1. The quantitative estimate of drug-likeness (QED) is 0.763. The lowest BCUT2D eigenvalue weighted by atomic mass is 9.71. The van der Waals surface area contributed by atoms with Gasteiger partial charge in [0.25, 0.3) is 0 Å². The van der Waals surface area contributed by atoms with E-state index in [1.54, 1.807) is 11.2 Å². The largest absolute Gasteiger partial charge is 0.381 e. The fraction of sp³-hybridized carbons (Fsp3) is 0.933. The molecule has 0 unspecified atom stereocenters. The van der Waals surface area contributed by atoms with Gasteiger partial charge in [-0.25, -0.2) is 12.7 Å². The topological polar surface area (TPSA) is 66.9 Å². The van der Waals surface area contributed by atoms with E-state index in [0.29, 0.717) is 26.3 Å². The van der Waals surface area contributed by atoms with Crippen LogP contribution < -0.4 is 0 Å². The standard InChI is InChI=1S/C15H26N2O4S/c1-2-22(19,20)17-11-13(14(18)16-7-3-4-8-16)15(12-17)5-9-21-10-6-15/h13H,2-12H2,1H3/t13-/m1/s1. The highest BCUT2D eigenvalue weighted by molar-refractivity contribution is 7.89. The molecule has 7 heteroatoms. The maximum Gasteiger partial charge on any atom is 0.227 e. The third-order valence-corrected chi connectivity index (χ3v) is 7.37. The molecule has 3 aliphatic rings. The minimum Gasteiger partial charge on any atom is -0.381 e. The first-order valence-corrected chi connectivity index (χ1v) is 9.94. The number of nitrogens with zero attached hydrogens (tertiary/aromatic N) is 2. The Kier molecular flexibility index (Phi) is 4.49. The molecule has 126 valence electrons. The van der Waals surface area contributed by atoms with E-state index in [1.807, 2.05) is 4.90 Å². The van der Waals surface area contributed by atoms with Crippen molar-refractivity contribution in [3.05, 3.63) is 0 Å². The van der Waals surface area contributed by atoms with E-state index >= 15 is 0 Å². The summed E-state index contributed by atoms with van der Waals surface area (Å²) in [6.45, 7) is 5.41. The number of carbonyl (C=O) groups excluding carboxylic acids is 1. The third-order valence-electron chi connectivity index (χ3n) is 5.58. The molecule has 3 fully saturated rings. The summed E-state index contributed by atoms with van der Waals surface area (Å²) < 4.78 is 31.6. The van der Waals surface area contributed by atoms with E-state index in [1.165, 1.54) is 0 Å². The van der Waals surface area contributed by atoms with E-state index in [-0.39, 0.29) is 23.0 Å². The van der Waals surface area contributed by atoms with Crippen LogP contribution in [0.4, 0.5) is 0 Å². The Morgan fingerprint density at radius 3 is 2.45 bits per heavy atom. The molecule has 0 aliphatic carbocycles. The molecule has 0 bridgehead atoms. The maximum atomic E-state index is 12.9. The molecule has 0 aromatic carbocycles. The van der Waals surface area contributed by atoms with Crippen LogP contribution in [0.25, 0.3) is 0 Å². The Morgan fingerprint density at radius 2 is 1.86 bits per heavy atom. The van der Waals surface area contributed by atoms with E-state index in [2.05, 4.69) is 0 Å². The number of ether oxygens (including phenoxy) is 1. The monoisotopic (exact) mass is 330 g/mol. The molecule has 3 rings (SSSR count). The molecule has 0 radical (unpaired) electrons. The summed E-state index contributed by atoms with van der Waals surface area (Å²) in [7, 11) is -3.24. The van der Waals surface area contributed by atoms with Gasteiger partial charge in [0.2, 0.25) is 15.9 Å². The summed E-state index contributed by atoms with van der Waals surface area (Å²) in [5.74, 6) is 0.0635. The Balaban J connectivity index is 1.85. The highest BCUT2D eigenvalue weighted by Crippen LogP contribution is 2.46. The minimum absolute atomic E-state index is 0.101. The van der Waals surface area contributed by atoms with Gasteiger partial charge in [-0.1, -0.05) is 0 Å². The van der Waals surface area contributed by atoms with E-state index in [9.17, 15) is 13.2 Å². The lowest BCUT2D eigenvalue weighted by Crippen LogP contribution is -2.45. The van der Waals surface area contributed by atoms with Gasteiger partial charge >= 0.3 is 0 Å². The maximum absolute atomic E-state index is 12.9. The molecule has 1 atom stereocenters. The van der Waals surface area contributed by atoms with Crippen molar-refractivity contribution in [2.75, 3.05) is 45.1 Å².